The Labute approximate surface area is 140 Å². The van der Waals surface area contributed by atoms with E-state index in [-0.39, 0.29) is 0 Å². The second-order valence-electron chi connectivity index (χ2n) is 8.70. The lowest BCUT2D eigenvalue weighted by Crippen LogP contribution is -2.53. The quantitative estimate of drug-likeness (QED) is 0.510. The lowest BCUT2D eigenvalue weighted by molar-refractivity contribution is 0.438. The van der Waals surface area contributed by atoms with E-state index in [2.05, 4.69) is 30.3 Å². The SMILES string of the molecule is Cl[Si](c1ccccc1)(C1CC2CCC1C2)C1CC2CCC1C2. The molecule has 0 heterocycles. The van der Waals surface area contributed by atoms with E-state index < -0.39 is 7.38 Å². The van der Waals surface area contributed by atoms with Crippen LogP contribution in [0.4, 0.5) is 0 Å². The van der Waals surface area contributed by atoms with E-state index in [0.29, 0.717) is 0 Å². The molecule has 0 radical (unpaired) electrons. The molecule has 4 saturated carbocycles. The van der Waals surface area contributed by atoms with Gasteiger partial charge in [0.25, 0.3) is 0 Å². The highest BCUT2D eigenvalue weighted by molar-refractivity contribution is 7.29. The van der Waals surface area contributed by atoms with E-state index in [0.717, 1.165) is 34.8 Å². The van der Waals surface area contributed by atoms with Crippen molar-refractivity contribution >= 4 is 23.6 Å². The minimum Gasteiger partial charge on any atom is -0.160 e. The Bertz CT molecular complexity index is 528. The van der Waals surface area contributed by atoms with E-state index in [1.54, 1.807) is 5.19 Å². The summed E-state index contributed by atoms with van der Waals surface area (Å²) in [5, 5.41) is 1.58. The van der Waals surface area contributed by atoms with Gasteiger partial charge in [-0.25, -0.2) is 0 Å². The molecule has 22 heavy (non-hydrogen) atoms. The summed E-state index contributed by atoms with van der Waals surface area (Å²) < 4.78 is 0. The van der Waals surface area contributed by atoms with Crippen LogP contribution in [-0.4, -0.2) is 7.38 Å². The molecule has 0 saturated heterocycles. The maximum absolute atomic E-state index is 7.80. The van der Waals surface area contributed by atoms with Gasteiger partial charge in [0.05, 0.1) is 0 Å². The number of fused-ring (bicyclic) bond motifs is 4. The second kappa shape index (κ2) is 5.11. The second-order valence-corrected chi connectivity index (χ2v) is 14.2. The molecule has 2 heteroatoms. The maximum atomic E-state index is 7.80. The van der Waals surface area contributed by atoms with Gasteiger partial charge in [0, 0.05) is 0 Å². The molecule has 6 atom stereocenters. The van der Waals surface area contributed by atoms with Gasteiger partial charge in [-0.05, 0) is 65.6 Å². The molecular weight excluding hydrogens is 304 g/mol. The Morgan fingerprint density at radius 2 is 1.27 bits per heavy atom. The van der Waals surface area contributed by atoms with Gasteiger partial charge in [-0.1, -0.05) is 56.0 Å². The van der Waals surface area contributed by atoms with E-state index in [9.17, 15) is 0 Å². The average Bonchev–Trinajstić information content (AvgIpc) is 3.34. The number of hydrogen-bond donors (Lipinski definition) is 0. The standard InChI is InChI=1S/C20H27ClSi/c21-22(18-4-2-1-3-5-18,19-12-14-6-8-16(19)10-14)20-13-15-7-9-17(20)11-15/h1-5,14-17,19-20H,6-13H2. The van der Waals surface area contributed by atoms with Gasteiger partial charge < -0.3 is 0 Å². The predicted molar refractivity (Wildman–Crippen MR) is 96.1 cm³/mol. The number of halogens is 1. The van der Waals surface area contributed by atoms with Crippen LogP contribution in [0.3, 0.4) is 0 Å². The molecule has 0 amide bonds. The molecule has 4 aliphatic carbocycles. The summed E-state index contributed by atoms with van der Waals surface area (Å²) >= 11 is 7.80. The summed E-state index contributed by atoms with van der Waals surface area (Å²) in [4.78, 5) is 0. The number of benzene rings is 1. The fourth-order valence-electron chi connectivity index (χ4n) is 6.92. The molecule has 4 bridgehead atoms. The summed E-state index contributed by atoms with van der Waals surface area (Å²) in [6.45, 7) is 0. The summed E-state index contributed by atoms with van der Waals surface area (Å²) in [7, 11) is -1.89. The Balaban J connectivity index is 1.56. The third-order valence-electron chi connectivity index (χ3n) is 7.77. The van der Waals surface area contributed by atoms with Gasteiger partial charge in [0.2, 0.25) is 0 Å². The van der Waals surface area contributed by atoms with Crippen LogP contribution in [0.1, 0.15) is 51.4 Å². The van der Waals surface area contributed by atoms with Crippen molar-refractivity contribution in [1.82, 2.24) is 0 Å². The number of hydrogen-bond acceptors (Lipinski definition) is 0. The van der Waals surface area contributed by atoms with Gasteiger partial charge in [-0.2, -0.15) is 11.1 Å². The van der Waals surface area contributed by atoms with Crippen LogP contribution >= 0.6 is 11.1 Å². The van der Waals surface area contributed by atoms with Crippen molar-refractivity contribution in [1.29, 1.82) is 0 Å². The fourth-order valence-corrected chi connectivity index (χ4v) is 14.3. The molecular formula is C20H27ClSi. The molecule has 0 aromatic heterocycles. The normalized spacial score (nSPS) is 45.3. The fraction of sp³-hybridized carbons (Fsp3) is 0.700. The summed E-state index contributed by atoms with van der Waals surface area (Å²) in [6.07, 6.45) is 11.9. The first-order valence-corrected chi connectivity index (χ1v) is 12.7. The lowest BCUT2D eigenvalue weighted by Gasteiger charge is -2.44. The Hall–Kier alpha value is -0.273. The third-order valence-corrected chi connectivity index (χ3v) is 14.9. The highest BCUT2D eigenvalue weighted by atomic mass is 35.6. The molecule has 0 nitrogen and oxygen atoms in total. The molecule has 6 unspecified atom stereocenters. The number of rotatable bonds is 3. The smallest absolute Gasteiger partial charge is 0.160 e. The molecule has 1 aromatic rings. The first-order valence-electron chi connectivity index (χ1n) is 9.49. The topological polar surface area (TPSA) is 0 Å². The third kappa shape index (κ3) is 1.94. The Morgan fingerprint density at radius 3 is 1.68 bits per heavy atom. The average molecular weight is 331 g/mol. The maximum Gasteiger partial charge on any atom is 0.193 e. The first kappa shape index (κ1) is 14.1. The predicted octanol–water partition coefficient (Wildman–Crippen LogP) is 5.46. The van der Waals surface area contributed by atoms with E-state index >= 15 is 0 Å². The van der Waals surface area contributed by atoms with Crippen LogP contribution in [0.5, 0.6) is 0 Å². The van der Waals surface area contributed by atoms with Crippen molar-refractivity contribution in [3.8, 4) is 0 Å². The van der Waals surface area contributed by atoms with Gasteiger partial charge in [-0.3, -0.25) is 0 Å². The van der Waals surface area contributed by atoms with Crippen molar-refractivity contribution in [2.45, 2.75) is 62.4 Å². The van der Waals surface area contributed by atoms with Crippen molar-refractivity contribution in [3.63, 3.8) is 0 Å². The largest absolute Gasteiger partial charge is 0.193 e. The molecule has 0 aliphatic heterocycles. The zero-order valence-electron chi connectivity index (χ0n) is 13.4. The lowest BCUT2D eigenvalue weighted by atomic mass is 9.99. The van der Waals surface area contributed by atoms with Crippen molar-refractivity contribution in [2.24, 2.45) is 23.7 Å². The van der Waals surface area contributed by atoms with Gasteiger partial charge in [-0.15, -0.1) is 0 Å². The van der Waals surface area contributed by atoms with Crippen LogP contribution in [0.15, 0.2) is 30.3 Å². The van der Waals surface area contributed by atoms with Crippen LogP contribution in [0, 0.1) is 23.7 Å². The molecule has 118 valence electrons. The van der Waals surface area contributed by atoms with Crippen LogP contribution < -0.4 is 5.19 Å². The van der Waals surface area contributed by atoms with Crippen LogP contribution in [-0.2, 0) is 0 Å². The van der Waals surface area contributed by atoms with Crippen LogP contribution in [0.25, 0.3) is 0 Å². The van der Waals surface area contributed by atoms with E-state index in [4.69, 9.17) is 11.1 Å². The van der Waals surface area contributed by atoms with Crippen LogP contribution in [0.2, 0.25) is 11.1 Å². The minimum atomic E-state index is -1.89. The van der Waals surface area contributed by atoms with Crippen molar-refractivity contribution in [3.05, 3.63) is 30.3 Å². The molecule has 1 aromatic carbocycles. The Morgan fingerprint density at radius 1 is 0.727 bits per heavy atom. The van der Waals surface area contributed by atoms with Gasteiger partial charge in [0.1, 0.15) is 0 Å². The summed E-state index contributed by atoms with van der Waals surface area (Å²) in [5.41, 5.74) is 1.75. The molecule has 0 spiro atoms. The summed E-state index contributed by atoms with van der Waals surface area (Å²) in [5.74, 6) is 3.97. The molecule has 4 fully saturated rings. The van der Waals surface area contributed by atoms with E-state index in [1.165, 1.54) is 51.4 Å². The monoisotopic (exact) mass is 330 g/mol. The molecule has 4 aliphatic rings. The highest BCUT2D eigenvalue weighted by Crippen LogP contribution is 2.64. The zero-order chi connectivity index (χ0) is 14.7. The Kier molecular flexibility index (Phi) is 3.28. The minimum absolute atomic E-state index is 0.875. The molecule has 5 rings (SSSR count). The first-order chi connectivity index (χ1) is 10.7. The molecule has 0 N–H and O–H groups in total. The zero-order valence-corrected chi connectivity index (χ0v) is 15.1. The van der Waals surface area contributed by atoms with Gasteiger partial charge >= 0.3 is 0 Å². The van der Waals surface area contributed by atoms with E-state index in [1.807, 2.05) is 0 Å². The van der Waals surface area contributed by atoms with Crippen molar-refractivity contribution < 1.29 is 0 Å². The van der Waals surface area contributed by atoms with Crippen molar-refractivity contribution in [2.75, 3.05) is 0 Å². The summed E-state index contributed by atoms with van der Waals surface area (Å²) in [6, 6.07) is 11.4. The van der Waals surface area contributed by atoms with Gasteiger partial charge in [0.15, 0.2) is 7.38 Å². The highest BCUT2D eigenvalue weighted by Gasteiger charge is 2.60.